The van der Waals surface area contributed by atoms with Crippen LogP contribution in [-0.4, -0.2) is 6.61 Å². The first-order valence-electron chi connectivity index (χ1n) is 7.38. The summed E-state index contributed by atoms with van der Waals surface area (Å²) < 4.78 is 5.74. The SMILES string of the molecule is C[C@H](N)c1ccc(OCCCCc2ccccc2)c(Cl)c1. The highest BCUT2D eigenvalue weighted by Crippen LogP contribution is 2.27. The van der Waals surface area contributed by atoms with Gasteiger partial charge in [-0.1, -0.05) is 48.0 Å². The minimum atomic E-state index is -0.0116. The molecule has 0 radical (unpaired) electrons. The van der Waals surface area contributed by atoms with Gasteiger partial charge in [0.25, 0.3) is 0 Å². The molecule has 0 bridgehead atoms. The summed E-state index contributed by atoms with van der Waals surface area (Å²) in [7, 11) is 0. The lowest BCUT2D eigenvalue weighted by Gasteiger charge is -2.11. The smallest absolute Gasteiger partial charge is 0.137 e. The zero-order valence-electron chi connectivity index (χ0n) is 12.4. The molecule has 1 atom stereocenters. The molecule has 2 aromatic carbocycles. The summed E-state index contributed by atoms with van der Waals surface area (Å²) in [5, 5.41) is 0.632. The Labute approximate surface area is 131 Å². The van der Waals surface area contributed by atoms with E-state index in [1.165, 1.54) is 5.56 Å². The van der Waals surface area contributed by atoms with Crippen molar-refractivity contribution in [2.75, 3.05) is 6.61 Å². The molecule has 0 spiro atoms. The maximum absolute atomic E-state index is 6.20. The number of rotatable bonds is 7. The van der Waals surface area contributed by atoms with Gasteiger partial charge in [0.1, 0.15) is 5.75 Å². The molecular formula is C18H22ClNO. The molecule has 2 nitrogen and oxygen atoms in total. The summed E-state index contributed by atoms with van der Waals surface area (Å²) in [6, 6.07) is 16.2. The van der Waals surface area contributed by atoms with Crippen molar-refractivity contribution in [3.05, 3.63) is 64.7 Å². The second-order valence-electron chi connectivity index (χ2n) is 5.27. The molecule has 0 saturated carbocycles. The molecule has 0 unspecified atom stereocenters. The third-order valence-corrected chi connectivity index (χ3v) is 3.74. The quantitative estimate of drug-likeness (QED) is 0.748. The van der Waals surface area contributed by atoms with Crippen LogP contribution >= 0.6 is 11.6 Å². The van der Waals surface area contributed by atoms with Crippen LogP contribution < -0.4 is 10.5 Å². The largest absolute Gasteiger partial charge is 0.492 e. The second kappa shape index (κ2) is 8.06. The van der Waals surface area contributed by atoms with Crippen molar-refractivity contribution >= 4 is 11.6 Å². The highest BCUT2D eigenvalue weighted by atomic mass is 35.5. The third-order valence-electron chi connectivity index (χ3n) is 3.44. The molecule has 0 aliphatic heterocycles. The normalized spacial score (nSPS) is 12.1. The zero-order valence-corrected chi connectivity index (χ0v) is 13.1. The number of ether oxygens (including phenoxy) is 1. The van der Waals surface area contributed by atoms with Crippen molar-refractivity contribution in [1.82, 2.24) is 0 Å². The number of halogens is 1. The summed E-state index contributed by atoms with van der Waals surface area (Å²) in [4.78, 5) is 0. The standard InChI is InChI=1S/C18H22ClNO/c1-14(20)16-10-11-18(17(19)13-16)21-12-6-5-9-15-7-3-2-4-8-15/h2-4,7-8,10-11,13-14H,5-6,9,12,20H2,1H3/t14-/m0/s1. The van der Waals surface area contributed by atoms with Gasteiger partial charge in [-0.15, -0.1) is 0 Å². The van der Waals surface area contributed by atoms with Crippen molar-refractivity contribution in [2.45, 2.75) is 32.2 Å². The van der Waals surface area contributed by atoms with Crippen LogP contribution in [0.5, 0.6) is 5.75 Å². The fraction of sp³-hybridized carbons (Fsp3) is 0.333. The van der Waals surface area contributed by atoms with Crippen LogP contribution in [0.2, 0.25) is 5.02 Å². The van der Waals surface area contributed by atoms with Crippen LogP contribution in [0.3, 0.4) is 0 Å². The van der Waals surface area contributed by atoms with Gasteiger partial charge in [0, 0.05) is 6.04 Å². The summed E-state index contributed by atoms with van der Waals surface area (Å²) in [5.41, 5.74) is 8.22. The molecule has 21 heavy (non-hydrogen) atoms. The summed E-state index contributed by atoms with van der Waals surface area (Å²) in [5.74, 6) is 0.737. The van der Waals surface area contributed by atoms with Crippen LogP contribution in [0.4, 0.5) is 0 Å². The average molecular weight is 304 g/mol. The summed E-state index contributed by atoms with van der Waals surface area (Å²) >= 11 is 6.20. The monoisotopic (exact) mass is 303 g/mol. The molecule has 3 heteroatoms. The number of benzene rings is 2. The molecule has 0 fully saturated rings. The molecule has 0 heterocycles. The van der Waals surface area contributed by atoms with Gasteiger partial charge in [0.15, 0.2) is 0 Å². The molecule has 2 aromatic rings. The minimum Gasteiger partial charge on any atom is -0.492 e. The van der Waals surface area contributed by atoms with Crippen molar-refractivity contribution < 1.29 is 4.74 Å². The lowest BCUT2D eigenvalue weighted by molar-refractivity contribution is 0.307. The number of nitrogens with two attached hydrogens (primary N) is 1. The highest BCUT2D eigenvalue weighted by Gasteiger charge is 2.05. The Kier molecular flexibility index (Phi) is 6.09. The fourth-order valence-corrected chi connectivity index (χ4v) is 2.42. The van der Waals surface area contributed by atoms with E-state index in [4.69, 9.17) is 22.1 Å². The molecule has 2 N–H and O–H groups in total. The van der Waals surface area contributed by atoms with Gasteiger partial charge in [-0.05, 0) is 49.4 Å². The van der Waals surface area contributed by atoms with Crippen molar-refractivity contribution in [2.24, 2.45) is 5.73 Å². The second-order valence-corrected chi connectivity index (χ2v) is 5.68. The van der Waals surface area contributed by atoms with E-state index in [0.29, 0.717) is 11.6 Å². The number of aryl methyl sites for hydroxylation is 1. The van der Waals surface area contributed by atoms with E-state index in [2.05, 4.69) is 24.3 Å². The van der Waals surface area contributed by atoms with Gasteiger partial charge in [-0.25, -0.2) is 0 Å². The van der Waals surface area contributed by atoms with Crippen LogP contribution in [0, 0.1) is 0 Å². The van der Waals surface area contributed by atoms with E-state index in [9.17, 15) is 0 Å². The lowest BCUT2D eigenvalue weighted by atomic mass is 10.1. The molecule has 0 aliphatic carbocycles. The van der Waals surface area contributed by atoms with Gasteiger partial charge in [-0.2, -0.15) is 0 Å². The topological polar surface area (TPSA) is 35.2 Å². The molecule has 0 saturated heterocycles. The van der Waals surface area contributed by atoms with Crippen LogP contribution in [0.1, 0.15) is 36.9 Å². The predicted octanol–water partition coefficient (Wildman–Crippen LogP) is 4.76. The fourth-order valence-electron chi connectivity index (χ4n) is 2.18. The van der Waals surface area contributed by atoms with Gasteiger partial charge in [-0.3, -0.25) is 0 Å². The summed E-state index contributed by atoms with van der Waals surface area (Å²) in [6.07, 6.45) is 3.21. The molecule has 112 valence electrons. The Bertz CT molecular complexity index is 554. The van der Waals surface area contributed by atoms with Gasteiger partial charge in [0.2, 0.25) is 0 Å². The Morgan fingerprint density at radius 2 is 1.86 bits per heavy atom. The van der Waals surface area contributed by atoms with Crippen LogP contribution in [0.25, 0.3) is 0 Å². The predicted molar refractivity (Wildman–Crippen MR) is 88.9 cm³/mol. The summed E-state index contributed by atoms with van der Waals surface area (Å²) in [6.45, 7) is 2.62. The first-order valence-corrected chi connectivity index (χ1v) is 7.76. The van der Waals surface area contributed by atoms with Crippen molar-refractivity contribution in [3.63, 3.8) is 0 Å². The molecule has 0 amide bonds. The van der Waals surface area contributed by atoms with E-state index >= 15 is 0 Å². The molecule has 2 rings (SSSR count). The zero-order chi connectivity index (χ0) is 15.1. The maximum atomic E-state index is 6.20. The Hall–Kier alpha value is -1.51. The molecule has 0 aliphatic rings. The average Bonchev–Trinajstić information content (AvgIpc) is 2.49. The van der Waals surface area contributed by atoms with Crippen LogP contribution in [-0.2, 0) is 6.42 Å². The Balaban J connectivity index is 1.74. The highest BCUT2D eigenvalue weighted by molar-refractivity contribution is 6.32. The molecule has 0 aromatic heterocycles. The number of unbranched alkanes of at least 4 members (excludes halogenated alkanes) is 1. The van der Waals surface area contributed by atoms with Crippen molar-refractivity contribution in [1.29, 1.82) is 0 Å². The molecular weight excluding hydrogens is 282 g/mol. The van der Waals surface area contributed by atoms with Gasteiger partial charge < -0.3 is 10.5 Å². The van der Waals surface area contributed by atoms with Gasteiger partial charge in [0.05, 0.1) is 11.6 Å². The number of hydrogen-bond donors (Lipinski definition) is 1. The van der Waals surface area contributed by atoms with E-state index < -0.39 is 0 Å². The van der Waals surface area contributed by atoms with E-state index in [-0.39, 0.29) is 6.04 Å². The lowest BCUT2D eigenvalue weighted by Crippen LogP contribution is -2.05. The first-order chi connectivity index (χ1) is 10.2. The van der Waals surface area contributed by atoms with E-state index in [1.807, 2.05) is 31.2 Å². The van der Waals surface area contributed by atoms with E-state index in [1.54, 1.807) is 0 Å². The first kappa shape index (κ1) is 15.9. The Morgan fingerprint density at radius 1 is 1.10 bits per heavy atom. The maximum Gasteiger partial charge on any atom is 0.137 e. The number of hydrogen-bond acceptors (Lipinski definition) is 2. The van der Waals surface area contributed by atoms with Gasteiger partial charge >= 0.3 is 0 Å². The minimum absolute atomic E-state index is 0.0116. The van der Waals surface area contributed by atoms with E-state index in [0.717, 1.165) is 30.6 Å². The Morgan fingerprint density at radius 3 is 2.52 bits per heavy atom. The van der Waals surface area contributed by atoms with Crippen LogP contribution in [0.15, 0.2) is 48.5 Å². The van der Waals surface area contributed by atoms with Crippen molar-refractivity contribution in [3.8, 4) is 5.75 Å². The third kappa shape index (κ3) is 5.07.